The summed E-state index contributed by atoms with van der Waals surface area (Å²) in [4.78, 5) is 98.0. The van der Waals surface area contributed by atoms with Gasteiger partial charge in [0.05, 0.1) is 12.6 Å². The number of aliphatic hydroxyl groups is 1. The topological polar surface area (TPSA) is 201 Å². The van der Waals surface area contributed by atoms with Crippen LogP contribution in [0, 0.1) is 17.8 Å². The average molecular weight is 826 g/mol. The highest BCUT2D eigenvalue weighted by Gasteiger charge is 2.36. The van der Waals surface area contributed by atoms with E-state index in [-0.39, 0.29) is 36.7 Å². The quantitative estimate of drug-likeness (QED) is 0.234. The molecule has 0 bridgehead atoms. The van der Waals surface area contributed by atoms with Crippen LogP contribution in [0.1, 0.15) is 94.1 Å². The van der Waals surface area contributed by atoms with Crippen molar-refractivity contribution in [3.8, 4) is 0 Å². The molecule has 2 rings (SSSR count). The Hall–Kier alpha value is -5.05. The second kappa shape index (κ2) is 23.5. The van der Waals surface area contributed by atoms with Crippen molar-refractivity contribution >= 4 is 41.5 Å². The molecule has 0 unspecified atom stereocenters. The third-order valence-electron chi connectivity index (χ3n) is 10.8. The van der Waals surface area contributed by atoms with Crippen LogP contribution in [0.15, 0.2) is 53.6 Å². The van der Waals surface area contributed by atoms with Crippen LogP contribution in [0.2, 0.25) is 0 Å². The second-order valence-corrected chi connectivity index (χ2v) is 16.2. The maximum absolute atomic E-state index is 14.1. The fourth-order valence-corrected chi connectivity index (χ4v) is 6.55. The lowest BCUT2D eigenvalue weighted by Crippen LogP contribution is -2.57. The molecule has 0 saturated heterocycles. The summed E-state index contributed by atoms with van der Waals surface area (Å²) < 4.78 is 11.5. The molecule has 0 aromatic heterocycles. The molecule has 1 aliphatic heterocycles. The summed E-state index contributed by atoms with van der Waals surface area (Å²) in [6, 6.07) is 4.53. The van der Waals surface area contributed by atoms with Crippen molar-refractivity contribution in [2.75, 3.05) is 20.6 Å². The van der Waals surface area contributed by atoms with E-state index in [0.717, 1.165) is 5.56 Å². The van der Waals surface area contributed by atoms with E-state index in [4.69, 9.17) is 9.47 Å². The van der Waals surface area contributed by atoms with Gasteiger partial charge in [0.1, 0.15) is 30.3 Å². The number of allylic oxidation sites excluding steroid dienone is 1. The molecule has 0 saturated carbocycles. The smallest absolute Gasteiger partial charge is 0.334 e. The number of hydrogen-bond donors (Lipinski definition) is 4. The summed E-state index contributed by atoms with van der Waals surface area (Å²) in [7, 11) is 2.85. The van der Waals surface area contributed by atoms with Crippen LogP contribution in [0.4, 0.5) is 0 Å². The summed E-state index contributed by atoms with van der Waals surface area (Å²) in [5, 5.41) is 19.3. The molecule has 4 N–H and O–H groups in total. The van der Waals surface area contributed by atoms with Gasteiger partial charge in [-0.1, -0.05) is 83.5 Å². The Morgan fingerprint density at radius 1 is 0.898 bits per heavy atom. The number of aliphatic hydroxyl groups excluding tert-OH is 1. The molecule has 5 amide bonds. The van der Waals surface area contributed by atoms with E-state index >= 15 is 0 Å². The highest BCUT2D eigenvalue weighted by molar-refractivity contribution is 5.96. The lowest BCUT2D eigenvalue weighted by Gasteiger charge is -2.33. The van der Waals surface area contributed by atoms with Crippen LogP contribution in [0.5, 0.6) is 0 Å². The summed E-state index contributed by atoms with van der Waals surface area (Å²) in [5.41, 5.74) is 1.51. The Balaban J connectivity index is 2.62. The van der Waals surface area contributed by atoms with Gasteiger partial charge in [0.15, 0.2) is 6.10 Å². The van der Waals surface area contributed by atoms with Crippen LogP contribution < -0.4 is 16.0 Å². The molecule has 15 nitrogen and oxygen atoms in total. The number of benzene rings is 1. The number of carbonyl (C=O) groups is 7. The van der Waals surface area contributed by atoms with Crippen LogP contribution in [-0.2, 0) is 49.5 Å². The molecular formula is C44H67N5O10. The van der Waals surface area contributed by atoms with E-state index in [0.29, 0.717) is 12.0 Å². The van der Waals surface area contributed by atoms with Gasteiger partial charge < -0.3 is 40.3 Å². The number of amides is 5. The highest BCUT2D eigenvalue weighted by Crippen LogP contribution is 2.24. The van der Waals surface area contributed by atoms with E-state index in [9.17, 15) is 38.7 Å². The zero-order chi connectivity index (χ0) is 44.7. The summed E-state index contributed by atoms with van der Waals surface area (Å²) >= 11 is 0. The Morgan fingerprint density at radius 3 is 2.08 bits per heavy atom. The minimum atomic E-state index is -1.26. The van der Waals surface area contributed by atoms with E-state index in [2.05, 4.69) is 16.0 Å². The van der Waals surface area contributed by atoms with Crippen molar-refractivity contribution in [2.45, 2.75) is 137 Å². The molecule has 0 radical (unpaired) electrons. The van der Waals surface area contributed by atoms with Gasteiger partial charge in [0.2, 0.25) is 23.6 Å². The molecule has 1 heterocycles. The molecular weight excluding hydrogens is 759 g/mol. The predicted molar refractivity (Wildman–Crippen MR) is 223 cm³/mol. The number of nitrogens with zero attached hydrogens (tertiary/aromatic N) is 2. The standard InChI is InChI=1S/C44H67N5O10/c1-13-26(5)37-40(53)46-31(10)44(57)59-38(27(6)14-2)29(8)34(50)21-20-28(7)43(56)58-35(22-25(3)4)39(52)45-30(9)41(54)49(12)33(23-32-18-16-15-17-19-32)42(55)48(11)24-36(51)47-37/h14-20,25-26,29-31,33-35,37-38,50H,13,21-24H2,1-12H3,(H,45,52)(H,46,53)(H,47,51)/b27-14+,28-20+/t26-,29-,30-,31-,33-,34-,35+,37-,38-/m0/s1. The summed E-state index contributed by atoms with van der Waals surface area (Å²) in [5.74, 6) is -5.83. The Bertz CT molecular complexity index is 1700. The maximum atomic E-state index is 14.1. The van der Waals surface area contributed by atoms with Crippen LogP contribution in [0.25, 0.3) is 0 Å². The van der Waals surface area contributed by atoms with E-state index in [1.807, 2.05) is 26.8 Å². The maximum Gasteiger partial charge on any atom is 0.334 e. The van der Waals surface area contributed by atoms with E-state index in [1.165, 1.54) is 50.7 Å². The van der Waals surface area contributed by atoms with Crippen LogP contribution in [-0.4, -0.2) is 120 Å². The first-order chi connectivity index (χ1) is 27.6. The summed E-state index contributed by atoms with van der Waals surface area (Å²) in [6.07, 6.45) is 0.687. The van der Waals surface area contributed by atoms with Gasteiger partial charge >= 0.3 is 11.9 Å². The number of nitrogens with one attached hydrogen (secondary N) is 3. The van der Waals surface area contributed by atoms with Gasteiger partial charge in [-0.2, -0.15) is 0 Å². The first-order valence-electron chi connectivity index (χ1n) is 20.5. The third kappa shape index (κ3) is 14.9. The molecule has 1 aromatic rings. The van der Waals surface area contributed by atoms with Crippen molar-refractivity contribution < 1.29 is 48.1 Å². The van der Waals surface area contributed by atoms with Gasteiger partial charge in [0.25, 0.3) is 5.91 Å². The van der Waals surface area contributed by atoms with Crippen LogP contribution in [0.3, 0.4) is 0 Å². The fraction of sp³-hybridized carbons (Fsp3) is 0.614. The lowest BCUT2D eigenvalue weighted by atomic mass is 9.90. The zero-order valence-electron chi connectivity index (χ0n) is 36.9. The van der Waals surface area contributed by atoms with Gasteiger partial charge in [-0.15, -0.1) is 0 Å². The lowest BCUT2D eigenvalue weighted by molar-refractivity contribution is -0.155. The Kier molecular flexibility index (Phi) is 20.0. The molecule has 328 valence electrons. The molecule has 9 atom stereocenters. The number of ether oxygens (including phenoxy) is 2. The van der Waals surface area contributed by atoms with Crippen molar-refractivity contribution in [1.82, 2.24) is 25.8 Å². The molecule has 15 heteroatoms. The number of cyclic esters (lactones) is 2. The number of hydrogen-bond acceptors (Lipinski definition) is 10. The SMILES string of the molecule is C/C=C(\C)[C@@H]1OC(=O)[C@H](C)NC(=O)[C@H]([C@@H](C)CC)NC(=O)CN(C)C(=O)[C@H](Cc2ccccc2)N(C)C(=O)[C@H](C)NC(=O)[C@@H](CC(C)C)OC(=O)/C(C)=C/C[C@H](O)[C@@H]1C. The van der Waals surface area contributed by atoms with Gasteiger partial charge in [-0.3, -0.25) is 24.0 Å². The van der Waals surface area contributed by atoms with Crippen molar-refractivity contribution in [1.29, 1.82) is 0 Å². The third-order valence-corrected chi connectivity index (χ3v) is 10.8. The van der Waals surface area contributed by atoms with Crippen molar-refractivity contribution in [3.05, 3.63) is 59.2 Å². The minimum Gasteiger partial charge on any atom is -0.456 e. The fourth-order valence-electron chi connectivity index (χ4n) is 6.55. The van der Waals surface area contributed by atoms with Crippen LogP contribution >= 0.6 is 0 Å². The Morgan fingerprint density at radius 2 is 1.51 bits per heavy atom. The van der Waals surface area contributed by atoms with Gasteiger partial charge in [-0.25, -0.2) is 9.59 Å². The molecule has 0 fully saturated rings. The first-order valence-corrected chi connectivity index (χ1v) is 20.5. The molecule has 0 aliphatic carbocycles. The number of likely N-dealkylation sites (N-methyl/N-ethyl adjacent to an activating group) is 2. The number of rotatable bonds is 7. The van der Waals surface area contributed by atoms with Crippen molar-refractivity contribution in [2.24, 2.45) is 17.8 Å². The molecule has 1 aliphatic rings. The predicted octanol–water partition coefficient (Wildman–Crippen LogP) is 3.24. The number of esters is 2. The largest absolute Gasteiger partial charge is 0.456 e. The molecule has 0 spiro atoms. The molecule has 59 heavy (non-hydrogen) atoms. The first kappa shape index (κ1) is 50.1. The second-order valence-electron chi connectivity index (χ2n) is 16.2. The summed E-state index contributed by atoms with van der Waals surface area (Å²) in [6.45, 7) is 16.5. The number of carbonyl (C=O) groups excluding carboxylic acids is 7. The van der Waals surface area contributed by atoms with Crippen molar-refractivity contribution in [3.63, 3.8) is 0 Å². The van der Waals surface area contributed by atoms with Gasteiger partial charge in [-0.05, 0) is 70.4 Å². The average Bonchev–Trinajstić information content (AvgIpc) is 3.20. The van der Waals surface area contributed by atoms with E-state index in [1.54, 1.807) is 58.0 Å². The highest BCUT2D eigenvalue weighted by atomic mass is 16.6. The minimum absolute atomic E-state index is 0.0211. The molecule has 1 aromatic carbocycles. The zero-order valence-corrected chi connectivity index (χ0v) is 36.9. The monoisotopic (exact) mass is 825 g/mol. The van der Waals surface area contributed by atoms with Gasteiger partial charge in [0, 0.05) is 32.0 Å². The van der Waals surface area contributed by atoms with E-state index < -0.39 is 96.4 Å². The Labute approximate surface area is 349 Å². The normalized spacial score (nSPS) is 28.8.